The predicted octanol–water partition coefficient (Wildman–Crippen LogP) is -0.224. The number of carbonyl (C=O) groups excluding carboxylic acids is 1. The molecule has 0 bridgehead atoms. The Balaban J connectivity index is 2.74. The second-order valence-corrected chi connectivity index (χ2v) is 4.29. The molecule has 1 aromatic heterocycles. The molecule has 0 fully saturated rings. The summed E-state index contributed by atoms with van der Waals surface area (Å²) >= 11 is 1.33. The number of nitriles is 1. The fourth-order valence-electron chi connectivity index (χ4n) is 1.30. The number of thiazole rings is 1. The number of aliphatic hydroxyl groups is 2. The van der Waals surface area contributed by atoms with Gasteiger partial charge in [0.25, 0.3) is 5.91 Å². The average molecular weight is 282 g/mol. The van der Waals surface area contributed by atoms with E-state index in [4.69, 9.17) is 15.5 Å². The first-order valence-electron chi connectivity index (χ1n) is 5.50. The third-order valence-electron chi connectivity index (χ3n) is 2.15. The monoisotopic (exact) mass is 282 g/mol. The minimum absolute atomic E-state index is 0.0651. The summed E-state index contributed by atoms with van der Waals surface area (Å²) in [6, 6.07) is 1.78. The van der Waals surface area contributed by atoms with Crippen molar-refractivity contribution < 1.29 is 15.0 Å². The molecule has 19 heavy (non-hydrogen) atoms. The van der Waals surface area contributed by atoms with E-state index in [2.05, 4.69) is 10.3 Å². The lowest BCUT2D eigenvalue weighted by Crippen LogP contribution is -2.36. The molecule has 0 saturated heterocycles. The Bertz CT molecular complexity index is 461. The Morgan fingerprint density at radius 3 is 2.68 bits per heavy atom. The number of amides is 1. The molecule has 8 heteroatoms. The molecule has 0 aliphatic heterocycles. The number of anilines is 1. The topological polar surface area (TPSA) is 109 Å². The van der Waals surface area contributed by atoms with Gasteiger partial charge in [-0.2, -0.15) is 5.26 Å². The maximum atomic E-state index is 12.0. The Morgan fingerprint density at radius 2 is 2.21 bits per heavy atom. The fourth-order valence-corrected chi connectivity index (χ4v) is 1.80. The lowest BCUT2D eigenvalue weighted by Gasteiger charge is -2.19. The summed E-state index contributed by atoms with van der Waals surface area (Å²) < 4.78 is 0. The molecule has 0 aliphatic rings. The molecule has 7 nitrogen and oxygen atoms in total. The SMILES string of the molecule is N#C/C(=C/Nc1nccs1)C(=O)N(CCO)CCO. The van der Waals surface area contributed by atoms with Crippen LogP contribution in [0.4, 0.5) is 5.13 Å². The molecule has 1 rings (SSSR count). The van der Waals surface area contributed by atoms with Gasteiger partial charge in [-0.1, -0.05) is 0 Å². The van der Waals surface area contributed by atoms with Crippen LogP contribution in [0.3, 0.4) is 0 Å². The Morgan fingerprint density at radius 1 is 1.53 bits per heavy atom. The minimum Gasteiger partial charge on any atom is -0.395 e. The Labute approximate surface area is 114 Å². The molecule has 1 amide bonds. The Kier molecular flexibility index (Phi) is 6.52. The lowest BCUT2D eigenvalue weighted by molar-refractivity contribution is -0.127. The molecule has 0 spiro atoms. The summed E-state index contributed by atoms with van der Waals surface area (Å²) in [6.45, 7) is -0.333. The van der Waals surface area contributed by atoms with E-state index in [1.165, 1.54) is 22.4 Å². The van der Waals surface area contributed by atoms with Crippen LogP contribution >= 0.6 is 11.3 Å². The first-order valence-corrected chi connectivity index (χ1v) is 6.38. The number of aliphatic hydroxyl groups excluding tert-OH is 2. The van der Waals surface area contributed by atoms with Gasteiger partial charge in [-0.15, -0.1) is 11.3 Å². The van der Waals surface area contributed by atoms with Gasteiger partial charge in [0.1, 0.15) is 11.6 Å². The van der Waals surface area contributed by atoms with E-state index in [1.807, 2.05) is 0 Å². The van der Waals surface area contributed by atoms with Gasteiger partial charge in [0.15, 0.2) is 5.13 Å². The van der Waals surface area contributed by atoms with Crippen molar-refractivity contribution in [1.82, 2.24) is 9.88 Å². The van der Waals surface area contributed by atoms with Crippen LogP contribution < -0.4 is 5.32 Å². The Hall–Kier alpha value is -1.95. The second kappa shape index (κ2) is 8.20. The van der Waals surface area contributed by atoms with E-state index in [-0.39, 0.29) is 31.9 Å². The fraction of sp³-hybridized carbons (Fsp3) is 0.364. The van der Waals surface area contributed by atoms with Crippen LogP contribution in [-0.2, 0) is 4.79 Å². The van der Waals surface area contributed by atoms with Gasteiger partial charge < -0.3 is 20.4 Å². The number of nitrogens with one attached hydrogen (secondary N) is 1. The normalized spacial score (nSPS) is 10.9. The second-order valence-electron chi connectivity index (χ2n) is 3.39. The van der Waals surface area contributed by atoms with Crippen molar-refractivity contribution >= 4 is 22.4 Å². The molecule has 102 valence electrons. The zero-order valence-corrected chi connectivity index (χ0v) is 10.9. The van der Waals surface area contributed by atoms with Gasteiger partial charge in [-0.3, -0.25) is 4.79 Å². The van der Waals surface area contributed by atoms with Gasteiger partial charge >= 0.3 is 0 Å². The van der Waals surface area contributed by atoms with Crippen LogP contribution in [0, 0.1) is 11.3 Å². The summed E-state index contributed by atoms with van der Waals surface area (Å²) in [6.07, 6.45) is 2.86. The van der Waals surface area contributed by atoms with Gasteiger partial charge in [-0.25, -0.2) is 4.98 Å². The number of carbonyl (C=O) groups is 1. The van der Waals surface area contributed by atoms with Crippen molar-refractivity contribution in [2.24, 2.45) is 0 Å². The summed E-state index contributed by atoms with van der Waals surface area (Å²) in [5, 5.41) is 31.7. The van der Waals surface area contributed by atoms with Crippen molar-refractivity contribution in [3.8, 4) is 6.07 Å². The zero-order valence-electron chi connectivity index (χ0n) is 10.1. The van der Waals surface area contributed by atoms with E-state index >= 15 is 0 Å². The highest BCUT2D eigenvalue weighted by Crippen LogP contribution is 2.11. The summed E-state index contributed by atoms with van der Waals surface area (Å²) in [7, 11) is 0. The number of nitrogens with zero attached hydrogens (tertiary/aromatic N) is 3. The smallest absolute Gasteiger partial charge is 0.266 e. The molecular formula is C11H14N4O3S. The molecule has 0 radical (unpaired) electrons. The number of hydrogen-bond acceptors (Lipinski definition) is 7. The molecule has 0 aromatic carbocycles. The first-order chi connectivity index (χ1) is 9.22. The molecule has 1 aromatic rings. The molecule has 0 saturated carbocycles. The van der Waals surface area contributed by atoms with Crippen LogP contribution in [0.5, 0.6) is 0 Å². The molecule has 0 aliphatic carbocycles. The van der Waals surface area contributed by atoms with Crippen LogP contribution in [0.25, 0.3) is 0 Å². The standard InChI is InChI=1S/C11H14N4O3S/c12-7-9(8-14-11-13-1-6-19-11)10(18)15(2-4-16)3-5-17/h1,6,8,16-17H,2-5H2,(H,13,14)/b9-8-. The van der Waals surface area contributed by atoms with Gasteiger partial charge in [-0.05, 0) is 0 Å². The molecule has 3 N–H and O–H groups in total. The van der Waals surface area contributed by atoms with Gasteiger partial charge in [0, 0.05) is 30.9 Å². The van der Waals surface area contributed by atoms with Crippen LogP contribution in [0.15, 0.2) is 23.3 Å². The quantitative estimate of drug-likeness (QED) is 0.471. The lowest BCUT2D eigenvalue weighted by atomic mass is 10.2. The van der Waals surface area contributed by atoms with Crippen LogP contribution in [-0.4, -0.2) is 52.3 Å². The van der Waals surface area contributed by atoms with Crippen molar-refractivity contribution in [2.45, 2.75) is 0 Å². The highest BCUT2D eigenvalue weighted by Gasteiger charge is 2.17. The minimum atomic E-state index is -0.547. The number of hydrogen-bond donors (Lipinski definition) is 3. The van der Waals surface area contributed by atoms with Crippen molar-refractivity contribution in [1.29, 1.82) is 5.26 Å². The maximum absolute atomic E-state index is 12.0. The first kappa shape index (κ1) is 15.1. The number of rotatable bonds is 7. The predicted molar refractivity (Wildman–Crippen MR) is 70.2 cm³/mol. The van der Waals surface area contributed by atoms with Gasteiger partial charge in [0.2, 0.25) is 0 Å². The molecule has 0 atom stereocenters. The van der Waals surface area contributed by atoms with E-state index in [1.54, 1.807) is 17.6 Å². The van der Waals surface area contributed by atoms with Crippen molar-refractivity contribution in [2.75, 3.05) is 31.6 Å². The van der Waals surface area contributed by atoms with Crippen molar-refractivity contribution in [3.05, 3.63) is 23.3 Å². The van der Waals surface area contributed by atoms with Crippen LogP contribution in [0.2, 0.25) is 0 Å². The summed E-state index contributed by atoms with van der Waals surface area (Å²) in [5.41, 5.74) is -0.114. The van der Waals surface area contributed by atoms with E-state index in [0.717, 1.165) is 0 Å². The largest absolute Gasteiger partial charge is 0.395 e. The molecule has 1 heterocycles. The highest BCUT2D eigenvalue weighted by atomic mass is 32.1. The number of aromatic nitrogens is 1. The summed E-state index contributed by atoms with van der Waals surface area (Å²) in [4.78, 5) is 17.1. The van der Waals surface area contributed by atoms with E-state index in [0.29, 0.717) is 5.13 Å². The van der Waals surface area contributed by atoms with Crippen LogP contribution in [0.1, 0.15) is 0 Å². The van der Waals surface area contributed by atoms with Gasteiger partial charge in [0.05, 0.1) is 13.2 Å². The molecule has 0 unspecified atom stereocenters. The maximum Gasteiger partial charge on any atom is 0.266 e. The summed E-state index contributed by atoms with van der Waals surface area (Å²) in [5.74, 6) is -0.547. The third-order valence-corrected chi connectivity index (χ3v) is 2.85. The average Bonchev–Trinajstić information content (AvgIpc) is 2.92. The van der Waals surface area contributed by atoms with E-state index in [9.17, 15) is 4.79 Å². The third kappa shape index (κ3) is 4.67. The van der Waals surface area contributed by atoms with Crippen molar-refractivity contribution in [3.63, 3.8) is 0 Å². The highest BCUT2D eigenvalue weighted by molar-refractivity contribution is 7.13. The molecular weight excluding hydrogens is 268 g/mol. The zero-order chi connectivity index (χ0) is 14.1. The van der Waals surface area contributed by atoms with E-state index < -0.39 is 5.91 Å².